The zero-order chi connectivity index (χ0) is 14.4. The Morgan fingerprint density at radius 3 is 2.55 bits per heavy atom. The molecule has 0 aliphatic heterocycles. The summed E-state index contributed by atoms with van der Waals surface area (Å²) in [6, 6.07) is 8.33. The van der Waals surface area contributed by atoms with Crippen molar-refractivity contribution in [2.75, 3.05) is 18.5 Å². The molecule has 1 N–H and O–H groups in total. The largest absolute Gasteiger partial charge is 0.464 e. The summed E-state index contributed by atoms with van der Waals surface area (Å²) >= 11 is 4.89. The Hall–Kier alpha value is -1.34. The first kappa shape index (κ1) is 15.1. The van der Waals surface area contributed by atoms with Crippen molar-refractivity contribution in [3.8, 4) is 6.01 Å². The second-order valence-corrected chi connectivity index (χ2v) is 5.70. The fourth-order valence-corrected chi connectivity index (χ4v) is 2.43. The van der Waals surface area contributed by atoms with Crippen LogP contribution in [0.4, 0.5) is 5.95 Å². The first-order valence-corrected chi connectivity index (χ1v) is 7.88. The van der Waals surface area contributed by atoms with E-state index in [0.717, 1.165) is 15.9 Å². The van der Waals surface area contributed by atoms with E-state index in [2.05, 4.69) is 36.2 Å². The van der Waals surface area contributed by atoms with Gasteiger partial charge in [-0.05, 0) is 49.9 Å². The van der Waals surface area contributed by atoms with Gasteiger partial charge >= 0.3 is 6.01 Å². The summed E-state index contributed by atoms with van der Waals surface area (Å²) in [7, 11) is 0. The number of benzene rings is 1. The normalized spacial score (nSPS) is 10.3. The average molecular weight is 355 g/mol. The summed E-state index contributed by atoms with van der Waals surface area (Å²) in [6.45, 7) is 5.17. The van der Waals surface area contributed by atoms with Crippen LogP contribution in [0.1, 0.15) is 13.8 Å². The SMILES string of the molecule is CCNc1nc(OCC)nc(Sc2ccc(Br)cc2)n1. The van der Waals surface area contributed by atoms with Crippen LogP contribution in [0.5, 0.6) is 6.01 Å². The number of ether oxygens (including phenoxy) is 1. The molecule has 5 nitrogen and oxygen atoms in total. The van der Waals surface area contributed by atoms with Crippen LogP contribution in [0.15, 0.2) is 38.8 Å². The van der Waals surface area contributed by atoms with E-state index in [1.807, 2.05) is 38.1 Å². The van der Waals surface area contributed by atoms with Gasteiger partial charge < -0.3 is 10.1 Å². The smallest absolute Gasteiger partial charge is 0.322 e. The fraction of sp³-hybridized carbons (Fsp3) is 0.308. The van der Waals surface area contributed by atoms with Crippen LogP contribution < -0.4 is 10.1 Å². The third kappa shape index (κ3) is 4.35. The van der Waals surface area contributed by atoms with Gasteiger partial charge in [0.15, 0.2) is 0 Å². The average Bonchev–Trinajstić information content (AvgIpc) is 2.42. The Morgan fingerprint density at radius 1 is 1.15 bits per heavy atom. The van der Waals surface area contributed by atoms with Gasteiger partial charge in [-0.15, -0.1) is 0 Å². The lowest BCUT2D eigenvalue weighted by molar-refractivity contribution is 0.308. The molecule has 0 atom stereocenters. The molecule has 0 aliphatic carbocycles. The molecular weight excluding hydrogens is 340 g/mol. The van der Waals surface area contributed by atoms with Gasteiger partial charge in [0.25, 0.3) is 0 Å². The highest BCUT2D eigenvalue weighted by atomic mass is 79.9. The van der Waals surface area contributed by atoms with Gasteiger partial charge in [-0.2, -0.15) is 15.0 Å². The third-order valence-electron chi connectivity index (χ3n) is 2.23. The topological polar surface area (TPSA) is 59.9 Å². The highest BCUT2D eigenvalue weighted by molar-refractivity contribution is 9.10. The number of nitrogens with one attached hydrogen (secondary N) is 1. The van der Waals surface area contributed by atoms with Crippen LogP contribution in [0.3, 0.4) is 0 Å². The molecular formula is C13H15BrN4OS. The molecule has 0 aliphatic rings. The lowest BCUT2D eigenvalue weighted by atomic mass is 10.4. The number of hydrogen-bond donors (Lipinski definition) is 1. The Bertz CT molecular complexity index is 541. The molecule has 0 amide bonds. The molecule has 0 unspecified atom stereocenters. The molecule has 106 valence electrons. The highest BCUT2D eigenvalue weighted by Gasteiger charge is 2.08. The quantitative estimate of drug-likeness (QED) is 0.854. The number of hydrogen-bond acceptors (Lipinski definition) is 6. The second-order valence-electron chi connectivity index (χ2n) is 3.74. The summed E-state index contributed by atoms with van der Waals surface area (Å²) < 4.78 is 6.41. The summed E-state index contributed by atoms with van der Waals surface area (Å²) in [4.78, 5) is 13.9. The fourth-order valence-electron chi connectivity index (χ4n) is 1.42. The Morgan fingerprint density at radius 2 is 1.90 bits per heavy atom. The molecule has 1 aromatic carbocycles. The monoisotopic (exact) mass is 354 g/mol. The van der Waals surface area contributed by atoms with Gasteiger partial charge in [0.2, 0.25) is 11.1 Å². The Kier molecular flexibility index (Phi) is 5.60. The molecule has 0 radical (unpaired) electrons. The highest BCUT2D eigenvalue weighted by Crippen LogP contribution is 2.27. The van der Waals surface area contributed by atoms with Gasteiger partial charge in [0, 0.05) is 15.9 Å². The van der Waals surface area contributed by atoms with Crippen LogP contribution in [-0.4, -0.2) is 28.1 Å². The predicted octanol–water partition coefficient (Wildman–Crippen LogP) is 3.62. The van der Waals surface area contributed by atoms with E-state index in [1.165, 1.54) is 11.8 Å². The molecule has 0 spiro atoms. The minimum absolute atomic E-state index is 0.345. The molecule has 2 aromatic rings. The van der Waals surface area contributed by atoms with Crippen molar-refractivity contribution in [2.45, 2.75) is 23.9 Å². The van der Waals surface area contributed by atoms with E-state index in [0.29, 0.717) is 23.7 Å². The molecule has 20 heavy (non-hydrogen) atoms. The summed E-state index contributed by atoms with van der Waals surface area (Å²) in [5.74, 6) is 0.533. The van der Waals surface area contributed by atoms with Crippen LogP contribution >= 0.6 is 27.7 Å². The lowest BCUT2D eigenvalue weighted by Crippen LogP contribution is -2.07. The molecule has 2 rings (SSSR count). The third-order valence-corrected chi connectivity index (χ3v) is 3.63. The van der Waals surface area contributed by atoms with Crippen LogP contribution in [0.25, 0.3) is 0 Å². The number of halogens is 1. The Balaban J connectivity index is 2.22. The van der Waals surface area contributed by atoms with Gasteiger partial charge in [-0.25, -0.2) is 0 Å². The van der Waals surface area contributed by atoms with Gasteiger partial charge in [0.05, 0.1) is 6.61 Å². The zero-order valence-corrected chi connectivity index (χ0v) is 13.7. The lowest BCUT2D eigenvalue weighted by Gasteiger charge is -2.07. The first-order chi connectivity index (χ1) is 9.71. The number of rotatable bonds is 6. The molecule has 0 saturated carbocycles. The molecule has 0 saturated heterocycles. The van der Waals surface area contributed by atoms with Crippen molar-refractivity contribution in [2.24, 2.45) is 0 Å². The van der Waals surface area contributed by atoms with Crippen LogP contribution in [-0.2, 0) is 0 Å². The van der Waals surface area contributed by atoms with Crippen molar-refractivity contribution in [3.05, 3.63) is 28.7 Å². The van der Waals surface area contributed by atoms with Gasteiger partial charge in [0.1, 0.15) is 0 Å². The van der Waals surface area contributed by atoms with E-state index >= 15 is 0 Å². The molecule has 7 heteroatoms. The number of nitrogens with zero attached hydrogens (tertiary/aromatic N) is 3. The number of anilines is 1. The van der Waals surface area contributed by atoms with Crippen molar-refractivity contribution in [3.63, 3.8) is 0 Å². The van der Waals surface area contributed by atoms with Crippen molar-refractivity contribution >= 4 is 33.6 Å². The minimum Gasteiger partial charge on any atom is -0.464 e. The summed E-state index contributed by atoms with van der Waals surface area (Å²) in [5, 5.41) is 3.69. The predicted molar refractivity (Wildman–Crippen MR) is 83.4 cm³/mol. The molecule has 0 fully saturated rings. The van der Waals surface area contributed by atoms with E-state index in [-0.39, 0.29) is 0 Å². The van der Waals surface area contributed by atoms with Gasteiger partial charge in [-0.3, -0.25) is 0 Å². The van der Waals surface area contributed by atoms with E-state index in [4.69, 9.17) is 4.74 Å². The maximum atomic E-state index is 5.37. The van der Waals surface area contributed by atoms with Gasteiger partial charge in [-0.1, -0.05) is 15.9 Å². The first-order valence-electron chi connectivity index (χ1n) is 6.27. The summed E-state index contributed by atoms with van der Waals surface area (Å²) in [6.07, 6.45) is 0. The number of aromatic nitrogens is 3. The van der Waals surface area contributed by atoms with E-state index < -0.39 is 0 Å². The van der Waals surface area contributed by atoms with E-state index in [9.17, 15) is 0 Å². The van der Waals surface area contributed by atoms with Crippen molar-refractivity contribution in [1.82, 2.24) is 15.0 Å². The van der Waals surface area contributed by atoms with Crippen LogP contribution in [0.2, 0.25) is 0 Å². The molecule has 1 heterocycles. The molecule has 1 aromatic heterocycles. The molecule has 0 bridgehead atoms. The maximum absolute atomic E-state index is 5.37. The second kappa shape index (κ2) is 7.44. The minimum atomic E-state index is 0.345. The van der Waals surface area contributed by atoms with Crippen molar-refractivity contribution in [1.29, 1.82) is 0 Å². The van der Waals surface area contributed by atoms with Crippen molar-refractivity contribution < 1.29 is 4.74 Å². The Labute approximate surface area is 130 Å². The standard InChI is InChI=1S/C13H15BrN4OS/c1-3-15-11-16-12(19-4-2)18-13(17-11)20-10-7-5-9(14)6-8-10/h5-8H,3-4H2,1-2H3,(H,15,16,17,18). The van der Waals surface area contributed by atoms with E-state index in [1.54, 1.807) is 0 Å². The zero-order valence-electron chi connectivity index (χ0n) is 11.3. The summed E-state index contributed by atoms with van der Waals surface area (Å²) in [5.41, 5.74) is 0. The van der Waals surface area contributed by atoms with Crippen LogP contribution in [0, 0.1) is 0 Å². The maximum Gasteiger partial charge on any atom is 0.322 e.